The topological polar surface area (TPSA) is 64.7 Å². The molecule has 0 saturated carbocycles. The molecule has 18 heavy (non-hydrogen) atoms. The van der Waals surface area contributed by atoms with Crippen LogP contribution in [-0.4, -0.2) is 25.5 Å². The summed E-state index contributed by atoms with van der Waals surface area (Å²) >= 11 is 5.96. The van der Waals surface area contributed by atoms with Gasteiger partial charge in [0.2, 0.25) is 0 Å². The number of aromatic nitrogens is 4. The Morgan fingerprint density at radius 3 is 2.67 bits per heavy atom. The van der Waals surface area contributed by atoms with Crippen LogP contribution in [0.15, 0.2) is 12.4 Å². The molecular formula is C11H14ClN5O. The fourth-order valence-electron chi connectivity index (χ4n) is 1.62. The number of amides is 1. The van der Waals surface area contributed by atoms with Crippen LogP contribution in [-0.2, 0) is 13.6 Å². The van der Waals surface area contributed by atoms with Gasteiger partial charge in [-0.1, -0.05) is 11.6 Å². The van der Waals surface area contributed by atoms with Crippen molar-refractivity contribution in [3.05, 3.63) is 28.8 Å². The van der Waals surface area contributed by atoms with E-state index in [1.807, 2.05) is 13.8 Å². The number of hydrogen-bond donors (Lipinski definition) is 1. The number of halogens is 1. The summed E-state index contributed by atoms with van der Waals surface area (Å²) in [5.74, 6) is -0.330. The van der Waals surface area contributed by atoms with Gasteiger partial charge in [-0.25, -0.2) is 0 Å². The number of hydrogen-bond acceptors (Lipinski definition) is 3. The van der Waals surface area contributed by atoms with Crippen molar-refractivity contribution in [1.29, 1.82) is 0 Å². The number of carbonyl (C=O) groups excluding carboxylic acids is 1. The lowest BCUT2D eigenvalue weighted by molar-refractivity contribution is 0.102. The van der Waals surface area contributed by atoms with Crippen molar-refractivity contribution in [2.24, 2.45) is 7.05 Å². The minimum atomic E-state index is -0.330. The summed E-state index contributed by atoms with van der Waals surface area (Å²) in [5, 5.41) is 11.3. The van der Waals surface area contributed by atoms with E-state index in [0.717, 1.165) is 5.69 Å². The van der Waals surface area contributed by atoms with Gasteiger partial charge in [0.25, 0.3) is 5.91 Å². The van der Waals surface area contributed by atoms with Crippen molar-refractivity contribution in [2.75, 3.05) is 5.32 Å². The lowest BCUT2D eigenvalue weighted by Crippen LogP contribution is -2.14. The molecule has 0 aliphatic carbocycles. The maximum atomic E-state index is 12.0. The van der Waals surface area contributed by atoms with Gasteiger partial charge >= 0.3 is 0 Å². The van der Waals surface area contributed by atoms with Crippen molar-refractivity contribution in [3.63, 3.8) is 0 Å². The molecule has 0 saturated heterocycles. The molecule has 1 N–H and O–H groups in total. The maximum absolute atomic E-state index is 12.0. The van der Waals surface area contributed by atoms with Crippen LogP contribution in [0.5, 0.6) is 0 Å². The first kappa shape index (κ1) is 12.6. The van der Waals surface area contributed by atoms with Gasteiger partial charge in [-0.15, -0.1) is 0 Å². The largest absolute Gasteiger partial charge is 0.318 e. The predicted octanol–water partition coefficient (Wildman–Crippen LogP) is 1.85. The van der Waals surface area contributed by atoms with Gasteiger partial charge in [0.05, 0.1) is 16.4 Å². The van der Waals surface area contributed by atoms with E-state index in [0.29, 0.717) is 17.3 Å². The fourth-order valence-corrected chi connectivity index (χ4v) is 1.85. The highest BCUT2D eigenvalue weighted by atomic mass is 35.5. The van der Waals surface area contributed by atoms with Crippen molar-refractivity contribution >= 4 is 23.2 Å². The van der Waals surface area contributed by atoms with Crippen molar-refractivity contribution in [2.45, 2.75) is 20.4 Å². The van der Waals surface area contributed by atoms with Gasteiger partial charge in [-0.2, -0.15) is 10.2 Å². The zero-order chi connectivity index (χ0) is 13.3. The van der Waals surface area contributed by atoms with Crippen molar-refractivity contribution in [1.82, 2.24) is 19.6 Å². The van der Waals surface area contributed by atoms with Crippen LogP contribution in [0.4, 0.5) is 5.69 Å². The molecule has 96 valence electrons. The Balaban J connectivity index is 2.21. The first-order chi connectivity index (χ1) is 8.51. The minimum absolute atomic E-state index is 0.224. The van der Waals surface area contributed by atoms with E-state index in [2.05, 4.69) is 15.5 Å². The Hall–Kier alpha value is -1.82. The molecule has 0 spiro atoms. The molecule has 6 nitrogen and oxygen atoms in total. The number of carbonyl (C=O) groups is 1. The Morgan fingerprint density at radius 2 is 2.17 bits per heavy atom. The summed E-state index contributed by atoms with van der Waals surface area (Å²) in [6, 6.07) is 0. The van der Waals surface area contributed by atoms with Gasteiger partial charge in [0, 0.05) is 26.0 Å². The Morgan fingerprint density at radius 1 is 1.44 bits per heavy atom. The van der Waals surface area contributed by atoms with Gasteiger partial charge in [-0.05, 0) is 13.8 Å². The molecule has 0 unspecified atom stereocenters. The number of anilines is 1. The molecule has 2 heterocycles. The van der Waals surface area contributed by atoms with E-state index in [1.54, 1.807) is 28.8 Å². The lowest BCUT2D eigenvalue weighted by atomic mass is 10.3. The minimum Gasteiger partial charge on any atom is -0.318 e. The van der Waals surface area contributed by atoms with E-state index < -0.39 is 0 Å². The average molecular weight is 268 g/mol. The maximum Gasteiger partial charge on any atom is 0.277 e. The Bertz CT molecular complexity index is 586. The van der Waals surface area contributed by atoms with Crippen LogP contribution in [0.25, 0.3) is 0 Å². The highest BCUT2D eigenvalue weighted by Crippen LogP contribution is 2.17. The standard InChI is InChI=1S/C11H14ClN5O/c1-4-17-5-8(12)10(15-17)11(18)13-9-6-16(3)14-7(9)2/h5-6H,4H2,1-3H3,(H,13,18). The molecule has 0 bridgehead atoms. The summed E-state index contributed by atoms with van der Waals surface area (Å²) in [4.78, 5) is 12.0. The highest BCUT2D eigenvalue weighted by Gasteiger charge is 2.17. The molecule has 0 aromatic carbocycles. The first-order valence-electron chi connectivity index (χ1n) is 5.55. The number of nitrogens with zero attached hydrogens (tertiary/aromatic N) is 4. The van der Waals surface area contributed by atoms with Crippen molar-refractivity contribution in [3.8, 4) is 0 Å². The second-order valence-electron chi connectivity index (χ2n) is 3.94. The molecular weight excluding hydrogens is 254 g/mol. The van der Waals surface area contributed by atoms with Crippen LogP contribution in [0.1, 0.15) is 23.1 Å². The predicted molar refractivity (Wildman–Crippen MR) is 68.8 cm³/mol. The third-order valence-corrected chi connectivity index (χ3v) is 2.79. The fraction of sp³-hybridized carbons (Fsp3) is 0.364. The third kappa shape index (κ3) is 2.38. The van der Waals surface area contributed by atoms with Gasteiger partial charge in [0.1, 0.15) is 0 Å². The van der Waals surface area contributed by atoms with Crippen LogP contribution in [0.3, 0.4) is 0 Å². The SMILES string of the molecule is CCn1cc(Cl)c(C(=O)Nc2cn(C)nc2C)n1. The number of nitrogens with one attached hydrogen (secondary N) is 1. The molecule has 2 aromatic heterocycles. The first-order valence-corrected chi connectivity index (χ1v) is 5.93. The molecule has 7 heteroatoms. The molecule has 0 aliphatic heterocycles. The van der Waals surface area contributed by atoms with E-state index in [9.17, 15) is 4.79 Å². The number of rotatable bonds is 3. The van der Waals surface area contributed by atoms with E-state index in [1.165, 1.54) is 0 Å². The Kier molecular flexibility index (Phi) is 3.38. The normalized spacial score (nSPS) is 10.7. The smallest absolute Gasteiger partial charge is 0.277 e. The van der Waals surface area contributed by atoms with E-state index in [4.69, 9.17) is 11.6 Å². The van der Waals surface area contributed by atoms with Crippen molar-refractivity contribution < 1.29 is 4.79 Å². The second-order valence-corrected chi connectivity index (χ2v) is 4.34. The van der Waals surface area contributed by atoms with Gasteiger partial charge in [-0.3, -0.25) is 14.2 Å². The lowest BCUT2D eigenvalue weighted by Gasteiger charge is -2.00. The second kappa shape index (κ2) is 4.81. The highest BCUT2D eigenvalue weighted by molar-refractivity contribution is 6.34. The monoisotopic (exact) mass is 267 g/mol. The molecule has 0 fully saturated rings. The molecule has 0 atom stereocenters. The van der Waals surface area contributed by atoms with Crippen LogP contribution < -0.4 is 5.32 Å². The van der Waals surface area contributed by atoms with Gasteiger partial charge < -0.3 is 5.32 Å². The zero-order valence-electron chi connectivity index (χ0n) is 10.4. The summed E-state index contributed by atoms with van der Waals surface area (Å²) in [5.41, 5.74) is 1.63. The van der Waals surface area contributed by atoms with E-state index >= 15 is 0 Å². The quantitative estimate of drug-likeness (QED) is 0.923. The zero-order valence-corrected chi connectivity index (χ0v) is 11.2. The summed E-state index contributed by atoms with van der Waals surface area (Å²) in [6.45, 7) is 4.41. The summed E-state index contributed by atoms with van der Waals surface area (Å²) < 4.78 is 3.25. The molecule has 0 aliphatic rings. The number of aryl methyl sites for hydroxylation is 3. The summed E-state index contributed by atoms with van der Waals surface area (Å²) in [6.07, 6.45) is 3.37. The molecule has 0 radical (unpaired) electrons. The summed E-state index contributed by atoms with van der Waals surface area (Å²) in [7, 11) is 1.79. The molecule has 2 aromatic rings. The third-order valence-electron chi connectivity index (χ3n) is 2.52. The molecule has 1 amide bonds. The van der Waals surface area contributed by atoms with E-state index in [-0.39, 0.29) is 11.6 Å². The van der Waals surface area contributed by atoms with Crippen LogP contribution >= 0.6 is 11.6 Å². The van der Waals surface area contributed by atoms with Crippen LogP contribution in [0, 0.1) is 6.92 Å². The van der Waals surface area contributed by atoms with Gasteiger partial charge in [0.15, 0.2) is 5.69 Å². The molecule has 2 rings (SSSR count). The Labute approximate surface area is 110 Å². The van der Waals surface area contributed by atoms with Crippen LogP contribution in [0.2, 0.25) is 5.02 Å². The average Bonchev–Trinajstić information content (AvgIpc) is 2.82.